The average Bonchev–Trinajstić information content (AvgIpc) is 3.55. The van der Waals surface area contributed by atoms with Crippen molar-refractivity contribution >= 4 is 23.5 Å². The van der Waals surface area contributed by atoms with E-state index in [2.05, 4.69) is 5.32 Å². The molecule has 1 saturated heterocycles. The predicted molar refractivity (Wildman–Crippen MR) is 117 cm³/mol. The topological polar surface area (TPSA) is 80.6 Å². The van der Waals surface area contributed by atoms with Gasteiger partial charge in [0.2, 0.25) is 5.91 Å². The number of anilines is 1. The Morgan fingerprint density at radius 2 is 1.84 bits per heavy atom. The second-order valence-electron chi connectivity index (χ2n) is 8.42. The fraction of sp³-hybridized carbons (Fsp3) is 0.458. The van der Waals surface area contributed by atoms with E-state index in [4.69, 9.17) is 4.74 Å². The van der Waals surface area contributed by atoms with E-state index in [-0.39, 0.29) is 30.4 Å². The zero-order chi connectivity index (χ0) is 21.8. The van der Waals surface area contributed by atoms with Crippen LogP contribution in [0.4, 0.5) is 5.69 Å². The van der Waals surface area contributed by atoms with Gasteiger partial charge in [0.15, 0.2) is 0 Å². The van der Waals surface area contributed by atoms with Gasteiger partial charge in [0.05, 0.1) is 12.2 Å². The zero-order valence-electron chi connectivity index (χ0n) is 17.9. The summed E-state index contributed by atoms with van der Waals surface area (Å²) >= 11 is 0. The Morgan fingerprint density at radius 3 is 2.52 bits per heavy atom. The van der Waals surface area contributed by atoms with E-state index in [0.717, 1.165) is 38.6 Å². The predicted octanol–water partition coefficient (Wildman–Crippen LogP) is 3.62. The molecule has 2 amide bonds. The van der Waals surface area contributed by atoms with Gasteiger partial charge < -0.3 is 19.5 Å². The van der Waals surface area contributed by atoms with Gasteiger partial charge in [-0.25, -0.2) is 4.79 Å². The van der Waals surface area contributed by atoms with Gasteiger partial charge >= 0.3 is 5.97 Å². The maximum atomic E-state index is 12.9. The first kappa shape index (κ1) is 21.2. The number of nitrogens with zero attached hydrogens (tertiary/aromatic N) is 2. The van der Waals surface area contributed by atoms with E-state index in [1.54, 1.807) is 24.3 Å². The second-order valence-corrected chi connectivity index (χ2v) is 8.42. The first-order valence-electron chi connectivity index (χ1n) is 11.0. The molecule has 1 saturated carbocycles. The molecule has 1 aromatic carbocycles. The van der Waals surface area contributed by atoms with Crippen molar-refractivity contribution < 1.29 is 19.1 Å². The number of hydrogen-bond donors (Lipinski definition) is 1. The molecule has 164 valence electrons. The van der Waals surface area contributed by atoms with E-state index >= 15 is 0 Å². The highest BCUT2D eigenvalue weighted by Crippen LogP contribution is 2.30. The number of benzene rings is 1. The molecule has 1 N–H and O–H groups in total. The lowest BCUT2D eigenvalue weighted by molar-refractivity contribution is -0.117. The summed E-state index contributed by atoms with van der Waals surface area (Å²) in [6, 6.07) is 10.6. The first-order valence-corrected chi connectivity index (χ1v) is 11.0. The quantitative estimate of drug-likeness (QED) is 0.690. The van der Waals surface area contributed by atoms with Crippen LogP contribution in [0.5, 0.6) is 0 Å². The van der Waals surface area contributed by atoms with Crippen molar-refractivity contribution in [1.82, 2.24) is 9.47 Å². The second kappa shape index (κ2) is 9.37. The summed E-state index contributed by atoms with van der Waals surface area (Å²) < 4.78 is 7.31. The Morgan fingerprint density at radius 1 is 1.06 bits per heavy atom. The molecule has 1 atom stereocenters. The van der Waals surface area contributed by atoms with Crippen molar-refractivity contribution in [3.63, 3.8) is 0 Å². The molecule has 1 aliphatic heterocycles. The van der Waals surface area contributed by atoms with E-state index in [9.17, 15) is 14.4 Å². The number of carbonyl (C=O) groups excluding carboxylic acids is 3. The van der Waals surface area contributed by atoms with Gasteiger partial charge in [-0.3, -0.25) is 9.59 Å². The smallest absolute Gasteiger partial charge is 0.338 e. The molecule has 7 nitrogen and oxygen atoms in total. The Labute approximate surface area is 182 Å². The third-order valence-corrected chi connectivity index (χ3v) is 6.07. The van der Waals surface area contributed by atoms with Crippen LogP contribution in [-0.4, -0.2) is 46.4 Å². The largest absolute Gasteiger partial charge is 0.462 e. The zero-order valence-corrected chi connectivity index (χ0v) is 17.9. The highest BCUT2D eigenvalue weighted by molar-refractivity contribution is 5.95. The van der Waals surface area contributed by atoms with Crippen LogP contribution in [0.2, 0.25) is 0 Å². The lowest BCUT2D eigenvalue weighted by atomic mass is 9.99. The van der Waals surface area contributed by atoms with Gasteiger partial charge in [-0.2, -0.15) is 0 Å². The Kier molecular flexibility index (Phi) is 6.39. The van der Waals surface area contributed by atoms with Gasteiger partial charge in [0.25, 0.3) is 5.91 Å². The van der Waals surface area contributed by atoms with Crippen LogP contribution in [0.15, 0.2) is 42.6 Å². The third-order valence-electron chi connectivity index (χ3n) is 6.07. The molecule has 2 heterocycles. The Bertz CT molecular complexity index is 946. The molecule has 1 aromatic heterocycles. The molecule has 2 aliphatic rings. The van der Waals surface area contributed by atoms with Crippen molar-refractivity contribution in [1.29, 1.82) is 0 Å². The summed E-state index contributed by atoms with van der Waals surface area (Å²) in [5.74, 6) is -0.182. The summed E-state index contributed by atoms with van der Waals surface area (Å²) in [6.45, 7) is 0.997. The molecular weight excluding hydrogens is 394 g/mol. The minimum Gasteiger partial charge on any atom is -0.462 e. The summed E-state index contributed by atoms with van der Waals surface area (Å²) in [5, 5.41) is 2.86. The molecule has 1 unspecified atom stereocenters. The summed E-state index contributed by atoms with van der Waals surface area (Å²) in [7, 11) is 1.87. The fourth-order valence-corrected chi connectivity index (χ4v) is 4.05. The molecule has 31 heavy (non-hydrogen) atoms. The summed E-state index contributed by atoms with van der Waals surface area (Å²) in [6.07, 6.45) is 7.38. The number of likely N-dealkylation sites (tertiary alicyclic amines) is 1. The number of nitrogens with one attached hydrogen (secondary N) is 1. The summed E-state index contributed by atoms with van der Waals surface area (Å²) in [5.41, 5.74) is 1.81. The fourth-order valence-electron chi connectivity index (χ4n) is 4.05. The van der Waals surface area contributed by atoms with E-state index in [1.807, 2.05) is 34.8 Å². The van der Waals surface area contributed by atoms with Crippen LogP contribution in [0.3, 0.4) is 0 Å². The van der Waals surface area contributed by atoms with Crippen molar-refractivity contribution in [2.75, 3.05) is 18.5 Å². The number of rotatable bonds is 7. The van der Waals surface area contributed by atoms with Crippen molar-refractivity contribution in [3.05, 3.63) is 53.9 Å². The van der Waals surface area contributed by atoms with Crippen LogP contribution in [0.1, 0.15) is 59.4 Å². The first-order chi connectivity index (χ1) is 15.0. The normalized spacial score (nSPS) is 18.5. The molecule has 0 radical (unpaired) electrons. The van der Waals surface area contributed by atoms with Gasteiger partial charge in [-0.1, -0.05) is 0 Å². The number of amides is 2. The Hall–Kier alpha value is -3.09. The molecule has 0 bridgehead atoms. The van der Waals surface area contributed by atoms with Crippen LogP contribution in [-0.2, 0) is 16.6 Å². The van der Waals surface area contributed by atoms with E-state index < -0.39 is 5.97 Å². The van der Waals surface area contributed by atoms with E-state index in [1.165, 1.54) is 0 Å². The number of esters is 1. The lowest BCUT2D eigenvalue weighted by Crippen LogP contribution is -2.44. The van der Waals surface area contributed by atoms with Crippen molar-refractivity contribution in [3.8, 4) is 0 Å². The van der Waals surface area contributed by atoms with Gasteiger partial charge in [-0.05, 0) is 68.5 Å². The Balaban J connectivity index is 1.28. The maximum Gasteiger partial charge on any atom is 0.338 e. The molecular formula is C24H29N3O4. The molecule has 2 fully saturated rings. The van der Waals surface area contributed by atoms with Crippen LogP contribution in [0, 0.1) is 5.92 Å². The van der Waals surface area contributed by atoms with Crippen LogP contribution >= 0.6 is 0 Å². The molecule has 1 aliphatic carbocycles. The number of hydrogen-bond acceptors (Lipinski definition) is 4. The van der Waals surface area contributed by atoms with Gasteiger partial charge in [-0.15, -0.1) is 0 Å². The number of piperidine rings is 1. The van der Waals surface area contributed by atoms with E-state index in [0.29, 0.717) is 23.4 Å². The minimum absolute atomic E-state index is 0.0346. The number of aromatic nitrogens is 1. The number of aryl methyl sites for hydroxylation is 1. The highest BCUT2D eigenvalue weighted by Gasteiger charge is 2.30. The lowest BCUT2D eigenvalue weighted by Gasteiger charge is -2.35. The van der Waals surface area contributed by atoms with Gasteiger partial charge in [0.1, 0.15) is 5.69 Å². The molecule has 2 aromatic rings. The monoisotopic (exact) mass is 423 g/mol. The third kappa shape index (κ3) is 5.16. The van der Waals surface area contributed by atoms with Crippen LogP contribution in [0.25, 0.3) is 0 Å². The minimum atomic E-state index is -0.392. The molecule has 4 rings (SSSR count). The summed E-state index contributed by atoms with van der Waals surface area (Å²) in [4.78, 5) is 39.1. The van der Waals surface area contributed by atoms with Crippen molar-refractivity contribution in [2.24, 2.45) is 13.0 Å². The van der Waals surface area contributed by atoms with Crippen molar-refractivity contribution in [2.45, 2.75) is 44.6 Å². The standard InChI is InChI=1S/C24H29N3O4/c1-26-14-4-6-21(26)23(29)27-15-3-2-5-20(27)13-16-31-24(30)18-9-11-19(12-10-18)25-22(28)17-7-8-17/h4,6,9-12,14,17,20H,2-3,5,7-8,13,15-16H2,1H3,(H,25,28). The number of ether oxygens (including phenoxy) is 1. The maximum absolute atomic E-state index is 12.9. The van der Waals surface area contributed by atoms with Crippen LogP contribution < -0.4 is 5.32 Å². The van der Waals surface area contributed by atoms with Gasteiger partial charge in [0, 0.05) is 43.9 Å². The molecule has 0 spiro atoms. The average molecular weight is 424 g/mol. The number of carbonyl (C=O) groups is 3. The highest BCUT2D eigenvalue weighted by atomic mass is 16.5. The molecule has 7 heteroatoms. The SMILES string of the molecule is Cn1cccc1C(=O)N1CCCCC1CCOC(=O)c1ccc(NC(=O)C2CC2)cc1.